The molecule has 0 aromatic rings. The van der Waals surface area contributed by atoms with Gasteiger partial charge in [0.05, 0.1) is 5.92 Å². The molecular weight excluding hydrogens is 232 g/mol. The number of cyclic esters (lactones) is 1. The van der Waals surface area contributed by atoms with E-state index in [1.165, 1.54) is 0 Å². The average Bonchev–Trinajstić information content (AvgIpc) is 2.72. The fourth-order valence-corrected chi connectivity index (χ4v) is 2.96. The summed E-state index contributed by atoms with van der Waals surface area (Å²) in [5.74, 6) is -0.893. The van der Waals surface area contributed by atoms with E-state index in [-0.39, 0.29) is 18.0 Å². The Morgan fingerprint density at radius 2 is 2.33 bits per heavy atom. The van der Waals surface area contributed by atoms with Crippen LogP contribution in [0.5, 0.6) is 0 Å². The Balaban J connectivity index is 2.22. The fourth-order valence-electron chi connectivity index (χ4n) is 2.96. The summed E-state index contributed by atoms with van der Waals surface area (Å²) in [6, 6.07) is 0. The molecule has 100 valence electrons. The average molecular weight is 252 g/mol. The van der Waals surface area contributed by atoms with E-state index in [2.05, 4.69) is 6.58 Å². The van der Waals surface area contributed by atoms with Crippen molar-refractivity contribution in [2.45, 2.75) is 57.7 Å². The molecule has 0 aromatic carbocycles. The first-order chi connectivity index (χ1) is 8.48. The molecule has 1 saturated heterocycles. The summed E-state index contributed by atoms with van der Waals surface area (Å²) in [5.41, 5.74) is -0.270. The van der Waals surface area contributed by atoms with Gasteiger partial charge < -0.3 is 9.47 Å². The van der Waals surface area contributed by atoms with Crippen LogP contribution in [0.3, 0.4) is 0 Å². The van der Waals surface area contributed by atoms with E-state index in [9.17, 15) is 9.59 Å². The minimum atomic E-state index is -0.647. The van der Waals surface area contributed by atoms with Crippen molar-refractivity contribution in [2.75, 3.05) is 0 Å². The Hall–Kier alpha value is -1.32. The molecule has 2 aliphatic rings. The topological polar surface area (TPSA) is 52.6 Å². The summed E-state index contributed by atoms with van der Waals surface area (Å²) in [5, 5.41) is 0. The molecule has 1 saturated carbocycles. The highest BCUT2D eigenvalue weighted by Crippen LogP contribution is 2.47. The van der Waals surface area contributed by atoms with Gasteiger partial charge in [-0.25, -0.2) is 4.79 Å². The fraction of sp³-hybridized carbons (Fsp3) is 0.714. The van der Waals surface area contributed by atoms with Crippen molar-refractivity contribution in [3.63, 3.8) is 0 Å². The van der Waals surface area contributed by atoms with Crippen LogP contribution in [0.1, 0.15) is 46.0 Å². The molecule has 4 nitrogen and oxygen atoms in total. The molecule has 2 rings (SSSR count). The lowest BCUT2D eigenvalue weighted by atomic mass is 9.82. The summed E-state index contributed by atoms with van der Waals surface area (Å²) < 4.78 is 11.0. The van der Waals surface area contributed by atoms with Crippen molar-refractivity contribution in [3.8, 4) is 0 Å². The zero-order valence-electron chi connectivity index (χ0n) is 11.0. The monoisotopic (exact) mass is 252 g/mol. The van der Waals surface area contributed by atoms with Gasteiger partial charge in [0.15, 0.2) is 0 Å². The Kier molecular flexibility index (Phi) is 3.46. The Bertz CT molecular complexity index is 387. The number of carbonyl (C=O) groups is 2. The predicted octanol–water partition coefficient (Wildman–Crippen LogP) is 2.37. The molecule has 3 unspecified atom stereocenters. The van der Waals surface area contributed by atoms with E-state index >= 15 is 0 Å². The third-order valence-corrected chi connectivity index (χ3v) is 3.97. The Labute approximate surface area is 107 Å². The highest BCUT2D eigenvalue weighted by atomic mass is 16.6. The molecule has 0 aromatic heterocycles. The van der Waals surface area contributed by atoms with Crippen LogP contribution in [0.4, 0.5) is 0 Å². The number of carbonyl (C=O) groups excluding carboxylic acids is 2. The van der Waals surface area contributed by atoms with Crippen molar-refractivity contribution >= 4 is 11.9 Å². The number of hydrogen-bond acceptors (Lipinski definition) is 4. The van der Waals surface area contributed by atoms with E-state index < -0.39 is 11.6 Å². The van der Waals surface area contributed by atoms with Gasteiger partial charge in [0.2, 0.25) is 0 Å². The van der Waals surface area contributed by atoms with Crippen molar-refractivity contribution < 1.29 is 19.1 Å². The molecule has 1 heterocycles. The number of esters is 2. The van der Waals surface area contributed by atoms with Crippen molar-refractivity contribution in [1.29, 1.82) is 0 Å². The molecule has 2 fully saturated rings. The number of rotatable bonds is 3. The van der Waals surface area contributed by atoms with Gasteiger partial charge in [-0.15, -0.1) is 0 Å². The maximum Gasteiger partial charge on any atom is 0.333 e. The van der Waals surface area contributed by atoms with Crippen molar-refractivity contribution in [2.24, 2.45) is 5.92 Å². The van der Waals surface area contributed by atoms with Gasteiger partial charge in [-0.1, -0.05) is 13.5 Å². The molecule has 0 bridgehead atoms. The molecule has 1 aliphatic heterocycles. The van der Waals surface area contributed by atoms with Crippen LogP contribution in [-0.4, -0.2) is 23.6 Å². The summed E-state index contributed by atoms with van der Waals surface area (Å²) in [4.78, 5) is 23.7. The zero-order chi connectivity index (χ0) is 13.3. The normalized spacial score (nSPS) is 34.7. The van der Waals surface area contributed by atoms with E-state index in [0.29, 0.717) is 12.0 Å². The van der Waals surface area contributed by atoms with Gasteiger partial charge in [0.25, 0.3) is 0 Å². The first kappa shape index (κ1) is 13.1. The summed E-state index contributed by atoms with van der Waals surface area (Å²) in [6.45, 7) is 7.20. The molecule has 18 heavy (non-hydrogen) atoms. The minimum absolute atomic E-state index is 0.134. The van der Waals surface area contributed by atoms with E-state index in [4.69, 9.17) is 9.47 Å². The van der Waals surface area contributed by atoms with Gasteiger partial charge in [0, 0.05) is 12.0 Å². The number of fused-ring (bicyclic) bond motifs is 1. The van der Waals surface area contributed by atoms with Gasteiger partial charge in [-0.2, -0.15) is 0 Å². The van der Waals surface area contributed by atoms with Crippen LogP contribution in [0.2, 0.25) is 0 Å². The lowest BCUT2D eigenvalue weighted by molar-refractivity contribution is -0.193. The van der Waals surface area contributed by atoms with Crippen LogP contribution in [-0.2, 0) is 19.1 Å². The quantitative estimate of drug-likeness (QED) is 0.571. The van der Waals surface area contributed by atoms with Crippen LogP contribution < -0.4 is 0 Å². The smallest absolute Gasteiger partial charge is 0.333 e. The van der Waals surface area contributed by atoms with Gasteiger partial charge in [-0.3, -0.25) is 4.79 Å². The van der Waals surface area contributed by atoms with Gasteiger partial charge in [0.1, 0.15) is 11.7 Å². The first-order valence-electron chi connectivity index (χ1n) is 6.58. The molecule has 0 spiro atoms. The highest BCUT2D eigenvalue weighted by molar-refractivity contribution is 5.88. The van der Waals surface area contributed by atoms with Crippen molar-refractivity contribution in [3.05, 3.63) is 12.2 Å². The van der Waals surface area contributed by atoms with Crippen LogP contribution >= 0.6 is 0 Å². The summed E-state index contributed by atoms with van der Waals surface area (Å²) in [6.07, 6.45) is 3.65. The lowest BCUT2D eigenvalue weighted by Crippen LogP contribution is -2.51. The molecule has 3 atom stereocenters. The molecule has 0 amide bonds. The third-order valence-electron chi connectivity index (χ3n) is 3.97. The second kappa shape index (κ2) is 4.75. The molecule has 1 aliphatic carbocycles. The molecule has 0 radical (unpaired) electrons. The van der Waals surface area contributed by atoms with Crippen LogP contribution in [0, 0.1) is 5.92 Å². The van der Waals surface area contributed by atoms with Crippen molar-refractivity contribution in [1.82, 2.24) is 0 Å². The number of ether oxygens (including phenoxy) is 2. The minimum Gasteiger partial charge on any atom is -0.462 e. The van der Waals surface area contributed by atoms with Crippen LogP contribution in [0.15, 0.2) is 12.2 Å². The van der Waals surface area contributed by atoms with E-state index in [0.717, 1.165) is 25.7 Å². The maximum absolute atomic E-state index is 12.0. The SMILES string of the molecule is C=C(C)C(=O)OC12CCCC1C(=O)OC(CC)C2. The summed E-state index contributed by atoms with van der Waals surface area (Å²) >= 11 is 0. The molecular formula is C14H20O4. The van der Waals surface area contributed by atoms with Gasteiger partial charge in [-0.05, 0) is 32.6 Å². The second-order valence-corrected chi connectivity index (χ2v) is 5.35. The van der Waals surface area contributed by atoms with Gasteiger partial charge >= 0.3 is 11.9 Å². The third kappa shape index (κ3) is 2.16. The lowest BCUT2D eigenvalue weighted by Gasteiger charge is -2.41. The molecule has 4 heteroatoms. The standard InChI is InChI=1S/C14H20O4/c1-4-10-8-14(18-12(15)9(2)3)7-5-6-11(14)13(16)17-10/h10-11H,2,4-8H2,1,3H3. The maximum atomic E-state index is 12.0. The highest BCUT2D eigenvalue weighted by Gasteiger charge is 2.55. The van der Waals surface area contributed by atoms with E-state index in [1.807, 2.05) is 6.92 Å². The summed E-state index contributed by atoms with van der Waals surface area (Å²) in [7, 11) is 0. The van der Waals surface area contributed by atoms with E-state index in [1.54, 1.807) is 6.92 Å². The number of hydrogen-bond donors (Lipinski definition) is 0. The Morgan fingerprint density at radius 3 is 2.94 bits per heavy atom. The first-order valence-corrected chi connectivity index (χ1v) is 6.58. The molecule has 0 N–H and O–H groups in total. The zero-order valence-corrected chi connectivity index (χ0v) is 11.0. The second-order valence-electron chi connectivity index (χ2n) is 5.35. The predicted molar refractivity (Wildman–Crippen MR) is 65.8 cm³/mol. The van der Waals surface area contributed by atoms with Crippen LogP contribution in [0.25, 0.3) is 0 Å². The largest absolute Gasteiger partial charge is 0.462 e. The Morgan fingerprint density at radius 1 is 1.61 bits per heavy atom.